The number of benzene rings is 1. The van der Waals surface area contributed by atoms with Crippen LogP contribution in [0, 0.1) is 0 Å². The van der Waals surface area contributed by atoms with Crippen molar-refractivity contribution in [1.82, 2.24) is 10.6 Å². The molecule has 0 unspecified atom stereocenters. The summed E-state index contributed by atoms with van der Waals surface area (Å²) in [7, 11) is 3.03. The van der Waals surface area contributed by atoms with Gasteiger partial charge >= 0.3 is 0 Å². The van der Waals surface area contributed by atoms with Gasteiger partial charge < -0.3 is 24.5 Å². The molecule has 128 valence electrons. The van der Waals surface area contributed by atoms with Crippen molar-refractivity contribution in [1.29, 1.82) is 0 Å². The van der Waals surface area contributed by atoms with Crippen LogP contribution in [0.25, 0.3) is 0 Å². The van der Waals surface area contributed by atoms with Crippen LogP contribution in [0.3, 0.4) is 0 Å². The van der Waals surface area contributed by atoms with Gasteiger partial charge in [-0.15, -0.1) is 0 Å². The van der Waals surface area contributed by atoms with Crippen molar-refractivity contribution in [2.75, 3.05) is 20.8 Å². The summed E-state index contributed by atoms with van der Waals surface area (Å²) in [6.45, 7) is 0.562. The predicted octanol–water partition coefficient (Wildman–Crippen LogP) is 1.73. The lowest BCUT2D eigenvalue weighted by molar-refractivity contribution is -0.121. The molecule has 0 aliphatic carbocycles. The van der Waals surface area contributed by atoms with Gasteiger partial charge in [0, 0.05) is 18.5 Å². The van der Waals surface area contributed by atoms with E-state index in [1.165, 1.54) is 14.2 Å². The fourth-order valence-electron chi connectivity index (χ4n) is 2.06. The zero-order chi connectivity index (χ0) is 17.4. The van der Waals surface area contributed by atoms with E-state index in [4.69, 9.17) is 13.9 Å². The van der Waals surface area contributed by atoms with Crippen LogP contribution in [0.1, 0.15) is 22.5 Å². The van der Waals surface area contributed by atoms with Crippen LogP contribution in [0.5, 0.6) is 11.5 Å². The minimum absolute atomic E-state index is 0.168. The molecule has 0 atom stereocenters. The number of amides is 2. The Morgan fingerprint density at radius 2 is 1.88 bits per heavy atom. The maximum Gasteiger partial charge on any atom is 0.251 e. The molecule has 1 heterocycles. The summed E-state index contributed by atoms with van der Waals surface area (Å²) in [5.74, 6) is 1.25. The Kier molecular flexibility index (Phi) is 6.24. The third-order valence-electron chi connectivity index (χ3n) is 3.32. The van der Waals surface area contributed by atoms with Gasteiger partial charge in [0.25, 0.3) is 5.91 Å². The Morgan fingerprint density at radius 1 is 1.08 bits per heavy atom. The minimum Gasteiger partial charge on any atom is -0.493 e. The molecule has 1 aromatic carbocycles. The SMILES string of the molecule is COc1ccc(C(=O)NCCC(=O)NCc2ccco2)cc1OC. The van der Waals surface area contributed by atoms with E-state index in [9.17, 15) is 9.59 Å². The molecule has 0 aliphatic rings. The molecule has 7 nitrogen and oxygen atoms in total. The van der Waals surface area contributed by atoms with Gasteiger partial charge in [0.1, 0.15) is 5.76 Å². The number of nitrogens with one attached hydrogen (secondary N) is 2. The molecule has 0 radical (unpaired) electrons. The fraction of sp³-hybridized carbons (Fsp3) is 0.294. The maximum atomic E-state index is 12.1. The van der Waals surface area contributed by atoms with Crippen molar-refractivity contribution in [3.05, 3.63) is 47.9 Å². The molecular weight excluding hydrogens is 312 g/mol. The van der Waals surface area contributed by atoms with E-state index in [1.807, 2.05) is 0 Å². The number of hydrogen-bond donors (Lipinski definition) is 2. The lowest BCUT2D eigenvalue weighted by Gasteiger charge is -2.10. The summed E-state index contributed by atoms with van der Waals surface area (Å²) < 4.78 is 15.4. The summed E-state index contributed by atoms with van der Waals surface area (Å²) >= 11 is 0. The van der Waals surface area contributed by atoms with Crippen LogP contribution in [0.2, 0.25) is 0 Å². The number of ether oxygens (including phenoxy) is 2. The molecular formula is C17H20N2O5. The van der Waals surface area contributed by atoms with E-state index in [2.05, 4.69) is 10.6 Å². The number of carbonyl (C=O) groups is 2. The molecule has 0 saturated heterocycles. The average molecular weight is 332 g/mol. The molecule has 2 rings (SSSR count). The first kappa shape index (κ1) is 17.4. The Balaban J connectivity index is 1.77. The molecule has 2 aromatic rings. The highest BCUT2D eigenvalue weighted by Gasteiger charge is 2.11. The smallest absolute Gasteiger partial charge is 0.251 e. The van der Waals surface area contributed by atoms with Crippen molar-refractivity contribution in [2.45, 2.75) is 13.0 Å². The highest BCUT2D eigenvalue weighted by Crippen LogP contribution is 2.27. The minimum atomic E-state index is -0.283. The van der Waals surface area contributed by atoms with E-state index in [0.717, 1.165) is 0 Å². The number of rotatable bonds is 8. The van der Waals surface area contributed by atoms with E-state index in [-0.39, 0.29) is 24.8 Å². The quantitative estimate of drug-likeness (QED) is 0.768. The zero-order valence-corrected chi connectivity index (χ0v) is 13.6. The van der Waals surface area contributed by atoms with Crippen LogP contribution < -0.4 is 20.1 Å². The van der Waals surface area contributed by atoms with E-state index in [0.29, 0.717) is 29.4 Å². The van der Waals surface area contributed by atoms with E-state index < -0.39 is 0 Å². The summed E-state index contributed by atoms with van der Waals surface area (Å²) in [5.41, 5.74) is 0.434. The van der Waals surface area contributed by atoms with Crippen molar-refractivity contribution in [2.24, 2.45) is 0 Å². The first-order valence-electron chi connectivity index (χ1n) is 7.43. The van der Waals surface area contributed by atoms with Crippen molar-refractivity contribution in [3.8, 4) is 11.5 Å². The molecule has 7 heteroatoms. The third-order valence-corrected chi connectivity index (χ3v) is 3.32. The maximum absolute atomic E-state index is 12.1. The zero-order valence-electron chi connectivity index (χ0n) is 13.6. The van der Waals surface area contributed by atoms with Gasteiger partial charge in [0.2, 0.25) is 5.91 Å². The highest BCUT2D eigenvalue weighted by atomic mass is 16.5. The second kappa shape index (κ2) is 8.61. The summed E-state index contributed by atoms with van der Waals surface area (Å²) in [5, 5.41) is 5.40. The topological polar surface area (TPSA) is 89.8 Å². The molecule has 0 fully saturated rings. The summed E-state index contributed by atoms with van der Waals surface area (Å²) in [4.78, 5) is 23.8. The van der Waals surface area contributed by atoms with Crippen LogP contribution >= 0.6 is 0 Å². The molecule has 0 saturated carbocycles. The monoisotopic (exact) mass is 332 g/mol. The summed E-state index contributed by atoms with van der Waals surface area (Å²) in [6, 6.07) is 8.41. The molecule has 1 aromatic heterocycles. The van der Waals surface area contributed by atoms with Gasteiger partial charge in [0.15, 0.2) is 11.5 Å². The van der Waals surface area contributed by atoms with Crippen LogP contribution in [0.15, 0.2) is 41.0 Å². The van der Waals surface area contributed by atoms with Crippen LogP contribution in [0.4, 0.5) is 0 Å². The largest absolute Gasteiger partial charge is 0.493 e. The Labute approximate surface area is 139 Å². The average Bonchev–Trinajstić information content (AvgIpc) is 3.12. The van der Waals surface area contributed by atoms with Crippen molar-refractivity contribution < 1.29 is 23.5 Å². The van der Waals surface area contributed by atoms with E-state index in [1.54, 1.807) is 36.6 Å². The van der Waals surface area contributed by atoms with Crippen LogP contribution in [-0.2, 0) is 11.3 Å². The van der Waals surface area contributed by atoms with Gasteiger partial charge in [-0.05, 0) is 30.3 Å². The third kappa shape index (κ3) is 4.77. The van der Waals surface area contributed by atoms with Gasteiger partial charge in [-0.3, -0.25) is 9.59 Å². The van der Waals surface area contributed by atoms with Crippen molar-refractivity contribution in [3.63, 3.8) is 0 Å². The Hall–Kier alpha value is -2.96. The molecule has 24 heavy (non-hydrogen) atoms. The first-order chi connectivity index (χ1) is 11.6. The molecule has 0 aliphatic heterocycles. The second-order valence-electron chi connectivity index (χ2n) is 4.93. The standard InChI is InChI=1S/C17H20N2O5/c1-22-14-6-5-12(10-15(14)23-2)17(21)18-8-7-16(20)19-11-13-4-3-9-24-13/h3-6,9-10H,7-8,11H2,1-2H3,(H,18,21)(H,19,20). The van der Waals surface area contributed by atoms with Gasteiger partial charge in [-0.25, -0.2) is 0 Å². The highest BCUT2D eigenvalue weighted by molar-refractivity contribution is 5.95. The predicted molar refractivity (Wildman–Crippen MR) is 87.1 cm³/mol. The first-order valence-corrected chi connectivity index (χ1v) is 7.43. The van der Waals surface area contributed by atoms with Gasteiger partial charge in [-0.2, -0.15) is 0 Å². The molecule has 0 spiro atoms. The molecule has 2 amide bonds. The lowest BCUT2D eigenvalue weighted by atomic mass is 10.2. The Bertz CT molecular complexity index is 682. The van der Waals surface area contributed by atoms with E-state index >= 15 is 0 Å². The normalized spacial score (nSPS) is 10.1. The second-order valence-corrected chi connectivity index (χ2v) is 4.93. The van der Waals surface area contributed by atoms with Crippen molar-refractivity contribution >= 4 is 11.8 Å². The lowest BCUT2D eigenvalue weighted by Crippen LogP contribution is -2.30. The van der Waals surface area contributed by atoms with Gasteiger partial charge in [0.05, 0.1) is 27.0 Å². The number of furan rings is 1. The van der Waals surface area contributed by atoms with Gasteiger partial charge in [-0.1, -0.05) is 0 Å². The van der Waals surface area contributed by atoms with Crippen LogP contribution in [-0.4, -0.2) is 32.6 Å². The number of carbonyl (C=O) groups excluding carboxylic acids is 2. The number of methoxy groups -OCH3 is 2. The number of hydrogen-bond acceptors (Lipinski definition) is 5. The molecule has 2 N–H and O–H groups in total. The summed E-state index contributed by atoms with van der Waals surface area (Å²) in [6.07, 6.45) is 1.73. The fourth-order valence-corrected chi connectivity index (χ4v) is 2.06. The molecule has 0 bridgehead atoms. The Morgan fingerprint density at radius 3 is 2.54 bits per heavy atom.